The van der Waals surface area contributed by atoms with Gasteiger partial charge in [-0.2, -0.15) is 0 Å². The summed E-state index contributed by atoms with van der Waals surface area (Å²) in [4.78, 5) is 16.7. The molecule has 3 nitrogen and oxygen atoms in total. The molecule has 2 aromatic rings. The number of likely N-dealkylation sites (N-methyl/N-ethyl adjacent to an activating group) is 1. The minimum atomic E-state index is -0.486. The van der Waals surface area contributed by atoms with E-state index in [0.717, 1.165) is 5.75 Å². The van der Waals surface area contributed by atoms with E-state index in [1.807, 2.05) is 66.8 Å². The standard InChI is InChI=1S/C17H21NO2S2/c1-4-18(12-16-6-5-11-22-16)17(19)13(2)20-14-7-9-15(21-3)10-8-14/h5-11,13H,4,12H2,1-3H3. The van der Waals surface area contributed by atoms with Gasteiger partial charge in [0.25, 0.3) is 5.91 Å². The lowest BCUT2D eigenvalue weighted by atomic mass is 10.3. The van der Waals surface area contributed by atoms with Crippen LogP contribution in [0, 0.1) is 0 Å². The van der Waals surface area contributed by atoms with E-state index in [9.17, 15) is 4.79 Å². The predicted octanol–water partition coefficient (Wildman–Crippen LogP) is 4.29. The maximum Gasteiger partial charge on any atom is 0.263 e. The molecule has 1 unspecified atom stereocenters. The summed E-state index contributed by atoms with van der Waals surface area (Å²) in [6, 6.07) is 11.9. The average molecular weight is 335 g/mol. The molecule has 1 atom stereocenters. The van der Waals surface area contributed by atoms with E-state index in [1.54, 1.807) is 23.1 Å². The Morgan fingerprint density at radius 3 is 2.59 bits per heavy atom. The maximum atomic E-state index is 12.5. The summed E-state index contributed by atoms with van der Waals surface area (Å²) < 4.78 is 5.78. The Morgan fingerprint density at radius 1 is 1.32 bits per heavy atom. The van der Waals surface area contributed by atoms with Gasteiger partial charge >= 0.3 is 0 Å². The number of ether oxygens (including phenoxy) is 1. The number of carbonyl (C=O) groups excluding carboxylic acids is 1. The number of amides is 1. The fourth-order valence-electron chi connectivity index (χ4n) is 2.10. The van der Waals surface area contributed by atoms with Crippen molar-refractivity contribution in [3.63, 3.8) is 0 Å². The van der Waals surface area contributed by atoms with Gasteiger partial charge in [0.1, 0.15) is 5.75 Å². The highest BCUT2D eigenvalue weighted by molar-refractivity contribution is 7.98. The summed E-state index contributed by atoms with van der Waals surface area (Å²) in [6.45, 7) is 5.12. The van der Waals surface area contributed by atoms with Gasteiger partial charge in [0, 0.05) is 16.3 Å². The van der Waals surface area contributed by atoms with Crippen LogP contribution in [0.1, 0.15) is 18.7 Å². The number of rotatable bonds is 7. The van der Waals surface area contributed by atoms with Gasteiger partial charge in [-0.3, -0.25) is 4.79 Å². The molecule has 0 N–H and O–H groups in total. The van der Waals surface area contributed by atoms with Crippen molar-refractivity contribution >= 4 is 29.0 Å². The van der Waals surface area contributed by atoms with Gasteiger partial charge in [0.2, 0.25) is 0 Å². The van der Waals surface area contributed by atoms with E-state index < -0.39 is 6.10 Å². The Hall–Kier alpha value is -1.46. The molecule has 1 heterocycles. The van der Waals surface area contributed by atoms with Crippen molar-refractivity contribution in [3.05, 3.63) is 46.7 Å². The summed E-state index contributed by atoms with van der Waals surface area (Å²) >= 11 is 3.35. The quantitative estimate of drug-likeness (QED) is 0.707. The van der Waals surface area contributed by atoms with Gasteiger partial charge in [-0.25, -0.2) is 0 Å². The van der Waals surface area contributed by atoms with Gasteiger partial charge in [-0.1, -0.05) is 6.07 Å². The molecule has 0 saturated heterocycles. The zero-order chi connectivity index (χ0) is 15.9. The Bertz CT molecular complexity index is 581. The normalized spacial score (nSPS) is 12.0. The van der Waals surface area contributed by atoms with E-state index in [0.29, 0.717) is 13.1 Å². The van der Waals surface area contributed by atoms with Crippen molar-refractivity contribution in [2.75, 3.05) is 12.8 Å². The van der Waals surface area contributed by atoms with E-state index >= 15 is 0 Å². The number of hydrogen-bond donors (Lipinski definition) is 0. The molecule has 118 valence electrons. The molecule has 0 aliphatic heterocycles. The van der Waals surface area contributed by atoms with Crippen LogP contribution in [-0.2, 0) is 11.3 Å². The molecule has 0 bridgehead atoms. The van der Waals surface area contributed by atoms with E-state index in [1.165, 1.54) is 9.77 Å². The fraction of sp³-hybridized carbons (Fsp3) is 0.353. The molecule has 2 rings (SSSR count). The lowest BCUT2D eigenvalue weighted by Gasteiger charge is -2.24. The molecule has 0 aliphatic rings. The van der Waals surface area contributed by atoms with Gasteiger partial charge in [0.05, 0.1) is 6.54 Å². The largest absolute Gasteiger partial charge is 0.481 e. The van der Waals surface area contributed by atoms with E-state index in [4.69, 9.17) is 4.74 Å². The highest BCUT2D eigenvalue weighted by Gasteiger charge is 2.21. The van der Waals surface area contributed by atoms with Gasteiger partial charge in [-0.05, 0) is 55.8 Å². The number of benzene rings is 1. The number of nitrogens with zero attached hydrogens (tertiary/aromatic N) is 1. The summed E-state index contributed by atoms with van der Waals surface area (Å²) in [6.07, 6.45) is 1.55. The van der Waals surface area contributed by atoms with Gasteiger partial charge in [0.15, 0.2) is 6.10 Å². The molecule has 0 spiro atoms. The van der Waals surface area contributed by atoms with E-state index in [-0.39, 0.29) is 5.91 Å². The average Bonchev–Trinajstić information content (AvgIpc) is 3.05. The second-order valence-corrected chi connectivity index (χ2v) is 6.78. The van der Waals surface area contributed by atoms with Crippen molar-refractivity contribution in [1.29, 1.82) is 0 Å². The molecule has 0 aliphatic carbocycles. The number of hydrogen-bond acceptors (Lipinski definition) is 4. The third-order valence-electron chi connectivity index (χ3n) is 3.34. The molecule has 0 radical (unpaired) electrons. The van der Waals surface area contributed by atoms with Crippen molar-refractivity contribution in [1.82, 2.24) is 4.90 Å². The predicted molar refractivity (Wildman–Crippen MR) is 93.7 cm³/mol. The Labute approximate surface area is 140 Å². The zero-order valence-corrected chi connectivity index (χ0v) is 14.7. The first-order valence-electron chi connectivity index (χ1n) is 7.26. The molecule has 1 amide bonds. The monoisotopic (exact) mass is 335 g/mol. The molecular formula is C17H21NO2S2. The number of carbonyl (C=O) groups is 1. The third-order valence-corrected chi connectivity index (χ3v) is 4.94. The second-order valence-electron chi connectivity index (χ2n) is 4.87. The SMILES string of the molecule is CCN(Cc1cccs1)C(=O)C(C)Oc1ccc(SC)cc1. The van der Waals surface area contributed by atoms with Crippen LogP contribution in [0.25, 0.3) is 0 Å². The van der Waals surface area contributed by atoms with Crippen LogP contribution in [0.4, 0.5) is 0 Å². The first-order chi connectivity index (χ1) is 10.6. The lowest BCUT2D eigenvalue weighted by molar-refractivity contribution is -0.138. The molecule has 1 aromatic heterocycles. The molecule has 1 aromatic carbocycles. The van der Waals surface area contributed by atoms with Crippen molar-refractivity contribution in [2.45, 2.75) is 31.4 Å². The van der Waals surface area contributed by atoms with Crippen LogP contribution >= 0.6 is 23.1 Å². The van der Waals surface area contributed by atoms with Crippen molar-refractivity contribution in [2.24, 2.45) is 0 Å². The van der Waals surface area contributed by atoms with Crippen molar-refractivity contribution < 1.29 is 9.53 Å². The van der Waals surface area contributed by atoms with Crippen LogP contribution in [0.5, 0.6) is 5.75 Å². The number of thiophene rings is 1. The summed E-state index contributed by atoms with van der Waals surface area (Å²) in [7, 11) is 0. The minimum Gasteiger partial charge on any atom is -0.481 e. The summed E-state index contributed by atoms with van der Waals surface area (Å²) in [5, 5.41) is 2.03. The topological polar surface area (TPSA) is 29.5 Å². The number of thioether (sulfide) groups is 1. The minimum absolute atomic E-state index is 0.0184. The lowest BCUT2D eigenvalue weighted by Crippen LogP contribution is -2.39. The van der Waals surface area contributed by atoms with Gasteiger partial charge in [-0.15, -0.1) is 23.1 Å². The Kier molecular flexibility index (Phi) is 6.34. The highest BCUT2D eigenvalue weighted by Crippen LogP contribution is 2.20. The van der Waals surface area contributed by atoms with E-state index in [2.05, 4.69) is 0 Å². The molecule has 0 saturated carbocycles. The molecule has 5 heteroatoms. The highest BCUT2D eigenvalue weighted by atomic mass is 32.2. The summed E-state index contributed by atoms with van der Waals surface area (Å²) in [5.41, 5.74) is 0. The Morgan fingerprint density at radius 2 is 2.05 bits per heavy atom. The fourth-order valence-corrected chi connectivity index (χ4v) is 3.23. The first-order valence-corrected chi connectivity index (χ1v) is 9.36. The van der Waals surface area contributed by atoms with Crippen LogP contribution < -0.4 is 4.74 Å². The molecule has 0 fully saturated rings. The summed E-state index contributed by atoms with van der Waals surface area (Å²) in [5.74, 6) is 0.746. The van der Waals surface area contributed by atoms with Gasteiger partial charge < -0.3 is 9.64 Å². The third kappa shape index (κ3) is 4.52. The van der Waals surface area contributed by atoms with Crippen LogP contribution in [0.2, 0.25) is 0 Å². The first kappa shape index (κ1) is 16.9. The molecule has 22 heavy (non-hydrogen) atoms. The van der Waals surface area contributed by atoms with Crippen molar-refractivity contribution in [3.8, 4) is 5.75 Å². The van der Waals surface area contributed by atoms with Crippen LogP contribution in [-0.4, -0.2) is 29.7 Å². The van der Waals surface area contributed by atoms with Crippen LogP contribution in [0.15, 0.2) is 46.7 Å². The second kappa shape index (κ2) is 8.25. The smallest absolute Gasteiger partial charge is 0.263 e. The van der Waals surface area contributed by atoms with Crippen LogP contribution in [0.3, 0.4) is 0 Å². The molecular weight excluding hydrogens is 314 g/mol. The zero-order valence-electron chi connectivity index (χ0n) is 13.1. The maximum absolute atomic E-state index is 12.5. The Balaban J connectivity index is 1.96.